The zero-order valence-electron chi connectivity index (χ0n) is 8.38. The van der Waals surface area contributed by atoms with Crippen molar-refractivity contribution in [3.63, 3.8) is 0 Å². The van der Waals surface area contributed by atoms with E-state index in [1.807, 2.05) is 0 Å². The second kappa shape index (κ2) is 4.01. The number of aromatic nitrogens is 2. The topological polar surface area (TPSA) is 85.5 Å². The molecule has 6 nitrogen and oxygen atoms in total. The van der Waals surface area contributed by atoms with Crippen molar-refractivity contribution in [3.8, 4) is 17.2 Å². The van der Waals surface area contributed by atoms with Gasteiger partial charge in [0.2, 0.25) is 5.89 Å². The highest BCUT2D eigenvalue weighted by Gasteiger charge is 2.13. The molecule has 0 amide bonds. The number of carbonyl (C=O) groups is 1. The van der Waals surface area contributed by atoms with Gasteiger partial charge in [-0.3, -0.25) is 0 Å². The van der Waals surface area contributed by atoms with Gasteiger partial charge in [-0.15, -0.1) is 10.2 Å². The minimum Gasteiger partial charge on any atom is -0.497 e. The maximum atomic E-state index is 10.5. The summed E-state index contributed by atoms with van der Waals surface area (Å²) in [4.78, 5) is 10.5. The number of hydrogen-bond acceptors (Lipinski definition) is 5. The molecule has 0 saturated carbocycles. The van der Waals surface area contributed by atoms with E-state index in [2.05, 4.69) is 10.2 Å². The van der Waals surface area contributed by atoms with E-state index >= 15 is 0 Å². The maximum Gasteiger partial charge on any atom is 0.393 e. The molecule has 0 aliphatic heterocycles. The summed E-state index contributed by atoms with van der Waals surface area (Å²) in [6.45, 7) is 0. The van der Waals surface area contributed by atoms with E-state index in [1.54, 1.807) is 31.4 Å². The molecule has 1 N–H and O–H groups in total. The normalized spacial score (nSPS) is 10.1. The molecule has 0 fully saturated rings. The first kappa shape index (κ1) is 10.2. The molecule has 16 heavy (non-hydrogen) atoms. The fourth-order valence-corrected chi connectivity index (χ4v) is 1.16. The van der Waals surface area contributed by atoms with Crippen molar-refractivity contribution in [1.29, 1.82) is 0 Å². The van der Waals surface area contributed by atoms with E-state index in [0.29, 0.717) is 11.3 Å². The fourth-order valence-electron chi connectivity index (χ4n) is 1.16. The van der Waals surface area contributed by atoms with Crippen molar-refractivity contribution in [2.24, 2.45) is 0 Å². The summed E-state index contributed by atoms with van der Waals surface area (Å²) in [6.07, 6.45) is 0. The average molecular weight is 220 g/mol. The van der Waals surface area contributed by atoms with Crippen LogP contribution in [0.2, 0.25) is 0 Å². The predicted molar refractivity (Wildman–Crippen MR) is 53.2 cm³/mol. The average Bonchev–Trinajstić information content (AvgIpc) is 2.78. The monoisotopic (exact) mass is 220 g/mol. The van der Waals surface area contributed by atoms with E-state index in [-0.39, 0.29) is 5.89 Å². The number of carboxylic acid groups (broad SMARTS) is 1. The molecule has 0 spiro atoms. The van der Waals surface area contributed by atoms with Crippen molar-refractivity contribution < 1.29 is 19.1 Å². The second-order valence-corrected chi connectivity index (χ2v) is 2.95. The molecule has 1 aromatic heterocycles. The largest absolute Gasteiger partial charge is 0.497 e. The van der Waals surface area contributed by atoms with Gasteiger partial charge >= 0.3 is 11.9 Å². The number of carboxylic acids is 1. The summed E-state index contributed by atoms with van der Waals surface area (Å²) in [6, 6.07) is 6.86. The van der Waals surface area contributed by atoms with E-state index in [4.69, 9.17) is 14.3 Å². The van der Waals surface area contributed by atoms with E-state index < -0.39 is 11.9 Å². The number of nitrogens with zero attached hydrogens (tertiary/aromatic N) is 2. The fraction of sp³-hybridized carbons (Fsp3) is 0.100. The number of ether oxygens (including phenoxy) is 1. The van der Waals surface area contributed by atoms with Crippen molar-refractivity contribution in [3.05, 3.63) is 30.2 Å². The molecular weight excluding hydrogens is 212 g/mol. The Bertz CT molecular complexity index is 504. The number of benzene rings is 1. The third kappa shape index (κ3) is 1.85. The van der Waals surface area contributed by atoms with Crippen LogP contribution >= 0.6 is 0 Å². The number of aromatic carboxylic acids is 1. The van der Waals surface area contributed by atoms with Crippen LogP contribution in [0.15, 0.2) is 28.7 Å². The first-order valence-corrected chi connectivity index (χ1v) is 4.42. The van der Waals surface area contributed by atoms with E-state index in [1.165, 1.54) is 0 Å². The van der Waals surface area contributed by atoms with Crippen molar-refractivity contribution in [2.75, 3.05) is 7.11 Å². The minimum atomic E-state index is -1.24. The Morgan fingerprint density at radius 2 is 2.00 bits per heavy atom. The van der Waals surface area contributed by atoms with Crippen LogP contribution in [0.25, 0.3) is 11.5 Å². The van der Waals surface area contributed by atoms with Gasteiger partial charge in [0.1, 0.15) is 5.75 Å². The summed E-state index contributed by atoms with van der Waals surface area (Å²) in [5, 5.41) is 15.6. The van der Waals surface area contributed by atoms with Gasteiger partial charge in [0.25, 0.3) is 0 Å². The van der Waals surface area contributed by atoms with Crippen molar-refractivity contribution in [2.45, 2.75) is 0 Å². The van der Waals surface area contributed by atoms with Gasteiger partial charge in [-0.25, -0.2) is 4.79 Å². The van der Waals surface area contributed by atoms with Crippen molar-refractivity contribution in [1.82, 2.24) is 10.2 Å². The lowest BCUT2D eigenvalue weighted by molar-refractivity contribution is 0.0654. The Morgan fingerprint density at radius 3 is 2.50 bits per heavy atom. The third-order valence-electron chi connectivity index (χ3n) is 1.94. The van der Waals surface area contributed by atoms with Crippen molar-refractivity contribution >= 4 is 5.97 Å². The van der Waals surface area contributed by atoms with E-state index in [0.717, 1.165) is 0 Å². The van der Waals surface area contributed by atoms with Gasteiger partial charge in [-0.1, -0.05) is 0 Å². The highest BCUT2D eigenvalue weighted by atomic mass is 16.5. The number of methoxy groups -OCH3 is 1. The highest BCUT2D eigenvalue weighted by Crippen LogP contribution is 2.20. The summed E-state index contributed by atoms with van der Waals surface area (Å²) < 4.78 is 9.93. The number of rotatable bonds is 3. The summed E-state index contributed by atoms with van der Waals surface area (Å²) >= 11 is 0. The molecule has 0 atom stereocenters. The molecule has 1 aromatic carbocycles. The van der Waals surface area contributed by atoms with Crippen LogP contribution in [0.4, 0.5) is 0 Å². The van der Waals surface area contributed by atoms with Gasteiger partial charge in [-0.05, 0) is 24.3 Å². The first-order chi connectivity index (χ1) is 7.70. The molecule has 82 valence electrons. The Balaban J connectivity index is 2.31. The Hall–Kier alpha value is -2.37. The summed E-state index contributed by atoms with van der Waals surface area (Å²) in [5.74, 6) is -0.806. The second-order valence-electron chi connectivity index (χ2n) is 2.95. The van der Waals surface area contributed by atoms with Crippen LogP contribution in [0, 0.1) is 0 Å². The lowest BCUT2D eigenvalue weighted by atomic mass is 10.2. The molecule has 1 heterocycles. The number of hydrogen-bond donors (Lipinski definition) is 1. The van der Waals surface area contributed by atoms with Crippen LogP contribution in [0.5, 0.6) is 5.75 Å². The molecule has 0 aliphatic rings. The predicted octanol–water partition coefficient (Wildman–Crippen LogP) is 1.44. The smallest absolute Gasteiger partial charge is 0.393 e. The van der Waals surface area contributed by atoms with Crippen LogP contribution in [0.1, 0.15) is 10.7 Å². The van der Waals surface area contributed by atoms with Gasteiger partial charge in [0, 0.05) is 5.56 Å². The van der Waals surface area contributed by atoms with Gasteiger partial charge < -0.3 is 14.3 Å². The molecule has 0 aliphatic carbocycles. The summed E-state index contributed by atoms with van der Waals surface area (Å²) in [7, 11) is 1.56. The molecule has 0 bridgehead atoms. The molecule has 0 saturated heterocycles. The standard InChI is InChI=1S/C10H8N2O4/c1-15-7-4-2-6(3-5-7)8-11-12-9(16-8)10(13)14/h2-5H,1H3,(H,13,14). The first-order valence-electron chi connectivity index (χ1n) is 4.42. The van der Waals surface area contributed by atoms with Crippen LogP contribution in [-0.2, 0) is 0 Å². The van der Waals surface area contributed by atoms with E-state index in [9.17, 15) is 4.79 Å². The van der Waals surface area contributed by atoms with Crippen LogP contribution in [-0.4, -0.2) is 28.4 Å². The Kier molecular flexibility index (Phi) is 2.55. The third-order valence-corrected chi connectivity index (χ3v) is 1.94. The Labute approximate surface area is 90.5 Å². The zero-order valence-corrected chi connectivity index (χ0v) is 8.38. The minimum absolute atomic E-state index is 0.167. The summed E-state index contributed by atoms with van der Waals surface area (Å²) in [5.41, 5.74) is 0.640. The molecule has 2 rings (SSSR count). The Morgan fingerprint density at radius 1 is 1.31 bits per heavy atom. The van der Waals surface area contributed by atoms with Crippen LogP contribution < -0.4 is 4.74 Å². The lowest BCUT2D eigenvalue weighted by Crippen LogP contribution is -1.95. The zero-order chi connectivity index (χ0) is 11.5. The molecule has 6 heteroatoms. The SMILES string of the molecule is COc1ccc(-c2nnc(C(=O)O)o2)cc1. The van der Waals surface area contributed by atoms with Gasteiger partial charge in [0.05, 0.1) is 7.11 Å². The quantitative estimate of drug-likeness (QED) is 0.842. The maximum absolute atomic E-state index is 10.5. The van der Waals surface area contributed by atoms with Gasteiger partial charge in [0.15, 0.2) is 0 Å². The molecule has 2 aromatic rings. The van der Waals surface area contributed by atoms with Gasteiger partial charge in [-0.2, -0.15) is 0 Å². The molecule has 0 unspecified atom stereocenters. The molecule has 0 radical (unpaired) electrons. The molecular formula is C10H8N2O4. The lowest BCUT2D eigenvalue weighted by Gasteiger charge is -1.98. The highest BCUT2D eigenvalue weighted by molar-refractivity contribution is 5.82. The van der Waals surface area contributed by atoms with Crippen LogP contribution in [0.3, 0.4) is 0 Å².